The van der Waals surface area contributed by atoms with Crippen molar-refractivity contribution >= 4 is 5.91 Å². The Balaban J connectivity index is 2.71. The summed E-state index contributed by atoms with van der Waals surface area (Å²) in [6.07, 6.45) is 0. The van der Waals surface area contributed by atoms with Crippen molar-refractivity contribution in [3.63, 3.8) is 0 Å². The van der Waals surface area contributed by atoms with Gasteiger partial charge >= 0.3 is 0 Å². The van der Waals surface area contributed by atoms with E-state index in [1.165, 1.54) is 13.0 Å². The topological polar surface area (TPSA) is 78.3 Å². The highest BCUT2D eigenvalue weighted by molar-refractivity contribution is 5.74. The summed E-state index contributed by atoms with van der Waals surface area (Å²) in [5, 5.41) is 0. The van der Waals surface area contributed by atoms with E-state index in [0.717, 1.165) is 6.07 Å². The van der Waals surface area contributed by atoms with Gasteiger partial charge in [-0.05, 0) is 18.6 Å². The van der Waals surface area contributed by atoms with Crippen LogP contribution in [0.3, 0.4) is 0 Å². The number of primary amides is 1. The van der Waals surface area contributed by atoms with E-state index in [1.54, 1.807) is 0 Å². The molecule has 1 atom stereocenters. The van der Waals surface area contributed by atoms with Crippen LogP contribution in [0.25, 0.3) is 0 Å². The maximum Gasteiger partial charge on any atom is 0.243 e. The van der Waals surface area contributed by atoms with E-state index in [2.05, 4.69) is 0 Å². The highest BCUT2D eigenvalue weighted by Gasteiger charge is 2.14. The summed E-state index contributed by atoms with van der Waals surface area (Å²) in [6, 6.07) is 1.33. The zero-order valence-corrected chi connectivity index (χ0v) is 9.37. The van der Waals surface area contributed by atoms with Crippen molar-refractivity contribution in [3.05, 3.63) is 34.9 Å². The second-order valence-corrected chi connectivity index (χ2v) is 3.71. The number of hydrogen-bond donors (Lipinski definition) is 2. The molecule has 0 aliphatic heterocycles. The van der Waals surface area contributed by atoms with Crippen LogP contribution in [0.1, 0.15) is 17.2 Å². The lowest BCUT2D eigenvalue weighted by Gasteiger charge is -2.14. The predicted octanol–water partition coefficient (Wildman–Crippen LogP) is 0.775. The third-order valence-corrected chi connectivity index (χ3v) is 2.22. The summed E-state index contributed by atoms with van der Waals surface area (Å²) >= 11 is 0. The Hall–Kier alpha value is -1.53. The van der Waals surface area contributed by atoms with Crippen LogP contribution in [-0.2, 0) is 9.53 Å². The molecule has 0 radical (unpaired) electrons. The van der Waals surface area contributed by atoms with Crippen LogP contribution in [0, 0.1) is 18.6 Å². The van der Waals surface area contributed by atoms with Crippen LogP contribution >= 0.6 is 0 Å². The van der Waals surface area contributed by atoms with Crippen molar-refractivity contribution in [2.75, 3.05) is 13.2 Å². The van der Waals surface area contributed by atoms with Crippen molar-refractivity contribution in [3.8, 4) is 0 Å². The van der Waals surface area contributed by atoms with Crippen LogP contribution in [0.2, 0.25) is 0 Å². The third-order valence-electron chi connectivity index (χ3n) is 2.22. The number of benzene rings is 1. The van der Waals surface area contributed by atoms with Crippen LogP contribution in [0.15, 0.2) is 12.1 Å². The summed E-state index contributed by atoms with van der Waals surface area (Å²) in [7, 11) is 0. The Morgan fingerprint density at radius 1 is 1.41 bits per heavy atom. The van der Waals surface area contributed by atoms with Gasteiger partial charge in [0.05, 0.1) is 12.6 Å². The molecule has 0 bridgehead atoms. The van der Waals surface area contributed by atoms with E-state index in [1.807, 2.05) is 0 Å². The molecule has 1 rings (SSSR count). The van der Waals surface area contributed by atoms with Crippen molar-refractivity contribution in [2.45, 2.75) is 13.0 Å². The first-order valence-electron chi connectivity index (χ1n) is 4.99. The number of aryl methyl sites for hydroxylation is 1. The normalized spacial score (nSPS) is 12.5. The summed E-state index contributed by atoms with van der Waals surface area (Å²) < 4.78 is 31.3. The molecule has 94 valence electrons. The van der Waals surface area contributed by atoms with E-state index >= 15 is 0 Å². The lowest BCUT2D eigenvalue weighted by molar-refractivity contribution is -0.122. The van der Waals surface area contributed by atoms with Crippen LogP contribution in [-0.4, -0.2) is 19.1 Å². The molecule has 0 aliphatic rings. The largest absolute Gasteiger partial charge is 0.370 e. The fourth-order valence-electron chi connectivity index (χ4n) is 1.34. The smallest absolute Gasteiger partial charge is 0.243 e. The van der Waals surface area contributed by atoms with E-state index < -0.39 is 23.6 Å². The Labute approximate surface area is 97.5 Å². The number of hydrogen-bond acceptors (Lipinski definition) is 3. The number of rotatable bonds is 5. The van der Waals surface area contributed by atoms with Gasteiger partial charge in [-0.15, -0.1) is 0 Å². The van der Waals surface area contributed by atoms with Gasteiger partial charge in [-0.1, -0.05) is 0 Å². The first kappa shape index (κ1) is 13.5. The Morgan fingerprint density at radius 3 is 2.65 bits per heavy atom. The van der Waals surface area contributed by atoms with Crippen molar-refractivity contribution in [1.82, 2.24) is 0 Å². The SMILES string of the molecule is Cc1cc(C(N)COCC(N)=O)c(F)cc1F. The second-order valence-electron chi connectivity index (χ2n) is 3.71. The van der Waals surface area contributed by atoms with E-state index in [-0.39, 0.29) is 18.8 Å². The van der Waals surface area contributed by atoms with E-state index in [0.29, 0.717) is 5.56 Å². The molecule has 1 aromatic carbocycles. The molecule has 17 heavy (non-hydrogen) atoms. The van der Waals surface area contributed by atoms with Gasteiger partial charge in [-0.2, -0.15) is 0 Å². The standard InChI is InChI=1S/C11H14F2N2O2/c1-6-2-7(9(13)3-8(6)12)10(14)4-17-5-11(15)16/h2-3,10H,4-5,14H2,1H3,(H2,15,16). The average Bonchev–Trinajstić information content (AvgIpc) is 2.22. The predicted molar refractivity (Wildman–Crippen MR) is 58.0 cm³/mol. The van der Waals surface area contributed by atoms with Gasteiger partial charge in [0.25, 0.3) is 0 Å². The first-order chi connectivity index (χ1) is 7.91. The Bertz CT molecular complexity index is 424. The van der Waals surface area contributed by atoms with Gasteiger partial charge in [0.1, 0.15) is 18.2 Å². The van der Waals surface area contributed by atoms with Gasteiger partial charge in [-0.3, -0.25) is 4.79 Å². The Morgan fingerprint density at radius 2 is 2.06 bits per heavy atom. The number of ether oxygens (including phenoxy) is 1. The zero-order chi connectivity index (χ0) is 13.0. The van der Waals surface area contributed by atoms with Gasteiger partial charge in [0.15, 0.2) is 0 Å². The molecule has 1 aromatic rings. The summed E-state index contributed by atoms with van der Waals surface area (Å²) in [6.45, 7) is 1.16. The average molecular weight is 244 g/mol. The second kappa shape index (κ2) is 5.70. The third kappa shape index (κ3) is 3.76. The van der Waals surface area contributed by atoms with Gasteiger partial charge in [0, 0.05) is 11.6 Å². The maximum absolute atomic E-state index is 13.4. The number of carbonyl (C=O) groups excluding carboxylic acids is 1. The van der Waals surface area contributed by atoms with Crippen LogP contribution in [0.5, 0.6) is 0 Å². The quantitative estimate of drug-likeness (QED) is 0.803. The number of halogens is 2. The number of nitrogens with two attached hydrogens (primary N) is 2. The lowest BCUT2D eigenvalue weighted by atomic mass is 10.0. The molecule has 6 heteroatoms. The minimum Gasteiger partial charge on any atom is -0.370 e. The molecule has 0 heterocycles. The molecule has 0 spiro atoms. The maximum atomic E-state index is 13.4. The number of amides is 1. The Kier molecular flexibility index (Phi) is 4.53. The van der Waals surface area contributed by atoms with Crippen molar-refractivity contribution in [2.24, 2.45) is 11.5 Å². The molecule has 0 aliphatic carbocycles. The zero-order valence-electron chi connectivity index (χ0n) is 9.37. The molecule has 0 saturated heterocycles. The highest BCUT2D eigenvalue weighted by atomic mass is 19.1. The van der Waals surface area contributed by atoms with Gasteiger partial charge < -0.3 is 16.2 Å². The lowest BCUT2D eigenvalue weighted by Crippen LogP contribution is -2.24. The van der Waals surface area contributed by atoms with Crippen molar-refractivity contribution in [1.29, 1.82) is 0 Å². The minimum atomic E-state index is -0.770. The molecular weight excluding hydrogens is 230 g/mol. The molecule has 4 nitrogen and oxygen atoms in total. The summed E-state index contributed by atoms with van der Waals surface area (Å²) in [4.78, 5) is 10.4. The molecule has 0 aromatic heterocycles. The number of carbonyl (C=O) groups is 1. The molecular formula is C11H14F2N2O2. The summed E-state index contributed by atoms with van der Waals surface area (Å²) in [5.41, 5.74) is 11.0. The molecule has 1 unspecified atom stereocenters. The minimum absolute atomic E-state index is 0.0646. The van der Waals surface area contributed by atoms with E-state index in [4.69, 9.17) is 16.2 Å². The fraction of sp³-hybridized carbons (Fsp3) is 0.364. The molecule has 0 fully saturated rings. The van der Waals surface area contributed by atoms with Crippen molar-refractivity contribution < 1.29 is 18.3 Å². The summed E-state index contributed by atoms with van der Waals surface area (Å²) in [5.74, 6) is -1.99. The van der Waals surface area contributed by atoms with Crippen LogP contribution < -0.4 is 11.5 Å². The molecule has 1 amide bonds. The van der Waals surface area contributed by atoms with Crippen LogP contribution in [0.4, 0.5) is 8.78 Å². The molecule has 0 saturated carbocycles. The van der Waals surface area contributed by atoms with Gasteiger partial charge in [0.2, 0.25) is 5.91 Å². The monoisotopic (exact) mass is 244 g/mol. The highest BCUT2D eigenvalue weighted by Crippen LogP contribution is 2.19. The first-order valence-corrected chi connectivity index (χ1v) is 4.99. The fourth-order valence-corrected chi connectivity index (χ4v) is 1.34. The van der Waals surface area contributed by atoms with Gasteiger partial charge in [-0.25, -0.2) is 8.78 Å². The van der Waals surface area contributed by atoms with E-state index in [9.17, 15) is 13.6 Å². The molecule has 4 N–H and O–H groups in total.